The molecule has 0 aromatic heterocycles. The van der Waals surface area contributed by atoms with Crippen molar-refractivity contribution >= 4 is 11.9 Å². The lowest BCUT2D eigenvalue weighted by Gasteiger charge is -2.26. The van der Waals surface area contributed by atoms with Crippen molar-refractivity contribution in [2.75, 3.05) is 13.1 Å². The molecule has 2 fully saturated rings. The molecule has 1 aliphatic carbocycles. The summed E-state index contributed by atoms with van der Waals surface area (Å²) in [7, 11) is 0. The summed E-state index contributed by atoms with van der Waals surface area (Å²) >= 11 is 0. The fourth-order valence-corrected chi connectivity index (χ4v) is 2.60. The number of urea groups is 1. The number of carbonyl (C=O) groups excluding carboxylic acids is 2. The Kier molecular flexibility index (Phi) is 4.22. The van der Waals surface area contributed by atoms with E-state index in [-0.39, 0.29) is 18.0 Å². The largest absolute Gasteiger partial charge is 0.335 e. The smallest absolute Gasteiger partial charge is 0.321 e. The van der Waals surface area contributed by atoms with E-state index >= 15 is 0 Å². The topological polar surface area (TPSA) is 61.4 Å². The van der Waals surface area contributed by atoms with Gasteiger partial charge in [0.2, 0.25) is 5.91 Å². The molecule has 5 heteroatoms. The van der Waals surface area contributed by atoms with Crippen LogP contribution in [0.25, 0.3) is 0 Å². The molecule has 1 atom stereocenters. The van der Waals surface area contributed by atoms with Crippen LogP contribution in [0, 0.1) is 5.92 Å². The van der Waals surface area contributed by atoms with Crippen molar-refractivity contribution in [2.45, 2.75) is 51.6 Å². The molecule has 2 aliphatic rings. The fourth-order valence-electron chi connectivity index (χ4n) is 2.60. The van der Waals surface area contributed by atoms with E-state index < -0.39 is 0 Å². The van der Waals surface area contributed by atoms with Crippen molar-refractivity contribution in [2.24, 2.45) is 5.92 Å². The molecule has 1 aliphatic heterocycles. The molecule has 1 saturated carbocycles. The number of carbonyl (C=O) groups is 2. The van der Waals surface area contributed by atoms with E-state index in [1.165, 1.54) is 0 Å². The molecule has 3 amide bonds. The van der Waals surface area contributed by atoms with Gasteiger partial charge in [-0.25, -0.2) is 4.79 Å². The van der Waals surface area contributed by atoms with Crippen LogP contribution in [0.3, 0.4) is 0 Å². The van der Waals surface area contributed by atoms with Crippen LogP contribution in [0.4, 0.5) is 4.79 Å². The average Bonchev–Trinajstić information content (AvgIpc) is 2.94. The molecule has 1 heterocycles. The molecule has 1 saturated heterocycles. The molecular formula is C13H23N3O2. The van der Waals surface area contributed by atoms with E-state index in [1.807, 2.05) is 0 Å². The Hall–Kier alpha value is -1.10. The molecule has 5 nitrogen and oxygen atoms in total. The Morgan fingerprint density at radius 2 is 2.00 bits per heavy atom. The van der Waals surface area contributed by atoms with Crippen molar-refractivity contribution < 1.29 is 9.59 Å². The van der Waals surface area contributed by atoms with Crippen molar-refractivity contribution in [1.82, 2.24) is 15.5 Å². The van der Waals surface area contributed by atoms with Gasteiger partial charge in [-0.05, 0) is 38.1 Å². The van der Waals surface area contributed by atoms with Crippen LogP contribution in [-0.2, 0) is 4.79 Å². The first-order chi connectivity index (χ1) is 8.56. The Balaban J connectivity index is 1.74. The lowest BCUT2D eigenvalue weighted by atomic mass is 10.0. The normalized spacial score (nSPS) is 24.3. The van der Waals surface area contributed by atoms with E-state index in [9.17, 15) is 9.59 Å². The molecule has 102 valence electrons. The molecule has 0 bridgehead atoms. The average molecular weight is 253 g/mol. The summed E-state index contributed by atoms with van der Waals surface area (Å²) in [4.78, 5) is 25.4. The minimum atomic E-state index is -0.345. The van der Waals surface area contributed by atoms with Gasteiger partial charge in [-0.2, -0.15) is 0 Å². The van der Waals surface area contributed by atoms with Gasteiger partial charge in [0, 0.05) is 12.1 Å². The first kappa shape index (κ1) is 13.3. The molecule has 18 heavy (non-hydrogen) atoms. The molecule has 0 aromatic rings. The lowest BCUT2D eigenvalue weighted by Crippen LogP contribution is -2.46. The zero-order valence-electron chi connectivity index (χ0n) is 11.2. The van der Waals surface area contributed by atoms with Gasteiger partial charge in [0.1, 0.15) is 0 Å². The highest BCUT2D eigenvalue weighted by Crippen LogP contribution is 2.23. The van der Waals surface area contributed by atoms with Gasteiger partial charge < -0.3 is 5.32 Å². The number of nitrogens with zero attached hydrogens (tertiary/aromatic N) is 1. The lowest BCUT2D eigenvalue weighted by molar-refractivity contribution is -0.121. The Labute approximate surface area is 108 Å². The van der Waals surface area contributed by atoms with Crippen LogP contribution in [0.1, 0.15) is 39.5 Å². The second-order valence-corrected chi connectivity index (χ2v) is 5.72. The highest BCUT2D eigenvalue weighted by atomic mass is 16.2. The molecule has 2 N–H and O–H groups in total. The van der Waals surface area contributed by atoms with Crippen LogP contribution in [0.5, 0.6) is 0 Å². The number of rotatable bonds is 4. The van der Waals surface area contributed by atoms with Gasteiger partial charge in [-0.3, -0.25) is 15.0 Å². The molecule has 0 aromatic carbocycles. The van der Waals surface area contributed by atoms with E-state index in [0.717, 1.165) is 32.2 Å². The van der Waals surface area contributed by atoms with E-state index in [0.29, 0.717) is 18.5 Å². The Morgan fingerprint density at radius 1 is 1.28 bits per heavy atom. The SMILES string of the molecule is CC(C)C1CCCN1CC(=O)NC(=O)NC1CC1. The highest BCUT2D eigenvalue weighted by Gasteiger charge is 2.29. The summed E-state index contributed by atoms with van der Waals surface area (Å²) in [5.74, 6) is 0.362. The van der Waals surface area contributed by atoms with Crippen molar-refractivity contribution in [3.8, 4) is 0 Å². The molecule has 2 rings (SSSR count). The standard InChI is InChI=1S/C13H23N3O2/c1-9(2)11-4-3-7-16(11)8-12(17)15-13(18)14-10-5-6-10/h9-11H,3-8H2,1-2H3,(H2,14,15,17,18). The van der Waals surface area contributed by atoms with Crippen LogP contribution in [-0.4, -0.2) is 42.0 Å². The van der Waals surface area contributed by atoms with Gasteiger partial charge in [-0.15, -0.1) is 0 Å². The first-order valence-electron chi connectivity index (χ1n) is 6.90. The minimum Gasteiger partial charge on any atom is -0.335 e. The Bertz CT molecular complexity index is 326. The second kappa shape index (κ2) is 5.69. The summed E-state index contributed by atoms with van der Waals surface area (Å²) < 4.78 is 0. The van der Waals surface area contributed by atoms with Crippen molar-refractivity contribution in [3.05, 3.63) is 0 Å². The minimum absolute atomic E-state index is 0.194. The summed E-state index contributed by atoms with van der Waals surface area (Å²) in [6, 6.07) is 0.415. The third-order valence-corrected chi connectivity index (χ3v) is 3.70. The van der Waals surface area contributed by atoms with Crippen LogP contribution >= 0.6 is 0 Å². The molecule has 0 spiro atoms. The number of likely N-dealkylation sites (tertiary alicyclic amines) is 1. The maximum absolute atomic E-state index is 11.8. The zero-order valence-corrected chi connectivity index (χ0v) is 11.2. The monoisotopic (exact) mass is 253 g/mol. The fraction of sp³-hybridized carbons (Fsp3) is 0.846. The summed E-state index contributed by atoms with van der Waals surface area (Å²) in [5.41, 5.74) is 0. The van der Waals surface area contributed by atoms with E-state index in [4.69, 9.17) is 0 Å². The number of amides is 3. The summed E-state index contributed by atoms with van der Waals surface area (Å²) in [6.07, 6.45) is 4.36. The van der Waals surface area contributed by atoms with Gasteiger partial charge in [0.05, 0.1) is 6.54 Å². The predicted molar refractivity (Wildman–Crippen MR) is 69.1 cm³/mol. The zero-order chi connectivity index (χ0) is 13.1. The third-order valence-electron chi connectivity index (χ3n) is 3.70. The van der Waals surface area contributed by atoms with Crippen molar-refractivity contribution in [3.63, 3.8) is 0 Å². The highest BCUT2D eigenvalue weighted by molar-refractivity contribution is 5.95. The predicted octanol–water partition coefficient (Wildman–Crippen LogP) is 1.10. The number of hydrogen-bond donors (Lipinski definition) is 2. The molecule has 1 unspecified atom stereocenters. The van der Waals surface area contributed by atoms with E-state index in [1.54, 1.807) is 0 Å². The number of imide groups is 1. The molecular weight excluding hydrogens is 230 g/mol. The summed E-state index contributed by atoms with van der Waals surface area (Å²) in [5, 5.41) is 5.16. The quantitative estimate of drug-likeness (QED) is 0.788. The summed E-state index contributed by atoms with van der Waals surface area (Å²) in [6.45, 7) is 5.66. The van der Waals surface area contributed by atoms with E-state index in [2.05, 4.69) is 29.4 Å². The van der Waals surface area contributed by atoms with Crippen molar-refractivity contribution in [1.29, 1.82) is 0 Å². The van der Waals surface area contributed by atoms with Gasteiger partial charge in [-0.1, -0.05) is 13.8 Å². The van der Waals surface area contributed by atoms with Crippen LogP contribution in [0.2, 0.25) is 0 Å². The Morgan fingerprint density at radius 3 is 2.61 bits per heavy atom. The van der Waals surface area contributed by atoms with Gasteiger partial charge in [0.25, 0.3) is 0 Å². The maximum atomic E-state index is 11.8. The van der Waals surface area contributed by atoms with Crippen LogP contribution in [0.15, 0.2) is 0 Å². The maximum Gasteiger partial charge on any atom is 0.321 e. The third kappa shape index (κ3) is 3.70. The van der Waals surface area contributed by atoms with Gasteiger partial charge in [0.15, 0.2) is 0 Å². The molecule has 0 radical (unpaired) electrons. The second-order valence-electron chi connectivity index (χ2n) is 5.72. The number of nitrogens with one attached hydrogen (secondary N) is 2. The van der Waals surface area contributed by atoms with Gasteiger partial charge >= 0.3 is 6.03 Å². The van der Waals surface area contributed by atoms with Crippen LogP contribution < -0.4 is 10.6 Å². The number of hydrogen-bond acceptors (Lipinski definition) is 3. The first-order valence-corrected chi connectivity index (χ1v) is 6.90.